The van der Waals surface area contributed by atoms with Crippen molar-refractivity contribution in [3.8, 4) is 17.5 Å². The number of rotatable bonds is 2. The molecular weight excluding hydrogens is 350 g/mol. The molecule has 0 spiro atoms. The highest BCUT2D eigenvalue weighted by Crippen LogP contribution is 2.30. The quantitative estimate of drug-likeness (QED) is 0.692. The minimum atomic E-state index is 0.552. The van der Waals surface area contributed by atoms with Crippen LogP contribution in [0.1, 0.15) is 5.56 Å². The molecule has 1 heterocycles. The van der Waals surface area contributed by atoms with Crippen LogP contribution in [0.3, 0.4) is 0 Å². The van der Waals surface area contributed by atoms with Crippen LogP contribution in [0.25, 0.3) is 16.7 Å². The standard InChI is InChI=1S/C15H10BrN3OS/c1-20-14-5-3-10(16)7-13(14)19-12-6-9(8-17)2-4-11(12)18-15(19)21/h2-7H,1H3,(H,18,21). The Kier molecular flexibility index (Phi) is 3.53. The molecule has 0 atom stereocenters. The molecule has 3 rings (SSSR count). The van der Waals surface area contributed by atoms with E-state index < -0.39 is 0 Å². The topological polar surface area (TPSA) is 53.7 Å². The molecule has 1 N–H and O–H groups in total. The van der Waals surface area contributed by atoms with Gasteiger partial charge in [-0.3, -0.25) is 4.57 Å². The summed E-state index contributed by atoms with van der Waals surface area (Å²) in [5, 5.41) is 9.08. The zero-order chi connectivity index (χ0) is 15.0. The van der Waals surface area contributed by atoms with Crippen LogP contribution in [0.2, 0.25) is 0 Å². The summed E-state index contributed by atoms with van der Waals surface area (Å²) in [6.07, 6.45) is 0. The average Bonchev–Trinajstić information content (AvgIpc) is 2.81. The summed E-state index contributed by atoms with van der Waals surface area (Å²) in [6, 6.07) is 13.3. The highest BCUT2D eigenvalue weighted by Gasteiger charge is 2.12. The fourth-order valence-corrected chi connectivity index (χ4v) is 2.91. The van der Waals surface area contributed by atoms with Gasteiger partial charge in [-0.1, -0.05) is 15.9 Å². The number of nitrogens with zero attached hydrogens (tertiary/aromatic N) is 2. The van der Waals surface area contributed by atoms with Crippen LogP contribution >= 0.6 is 28.1 Å². The number of hydrogen-bond donors (Lipinski definition) is 1. The third-order valence-electron chi connectivity index (χ3n) is 3.19. The molecule has 0 saturated heterocycles. The zero-order valence-corrected chi connectivity index (χ0v) is 13.5. The highest BCUT2D eigenvalue weighted by atomic mass is 79.9. The number of ether oxygens (including phenoxy) is 1. The van der Waals surface area contributed by atoms with Crippen LogP contribution in [0, 0.1) is 16.1 Å². The van der Waals surface area contributed by atoms with Crippen LogP contribution in [-0.2, 0) is 0 Å². The predicted octanol–water partition coefficient (Wildman–Crippen LogP) is 4.33. The first-order chi connectivity index (χ1) is 10.1. The zero-order valence-electron chi connectivity index (χ0n) is 11.1. The van der Waals surface area contributed by atoms with Gasteiger partial charge in [0, 0.05) is 4.47 Å². The summed E-state index contributed by atoms with van der Waals surface area (Å²) in [7, 11) is 1.62. The van der Waals surface area contributed by atoms with E-state index in [1.807, 2.05) is 34.9 Å². The Hall–Kier alpha value is -2.10. The lowest BCUT2D eigenvalue weighted by molar-refractivity contribution is 0.413. The number of nitriles is 1. The molecule has 0 amide bonds. The Balaban J connectivity index is 2.40. The molecule has 104 valence electrons. The van der Waals surface area contributed by atoms with Crippen LogP contribution < -0.4 is 4.74 Å². The minimum Gasteiger partial charge on any atom is -0.495 e. The number of fused-ring (bicyclic) bond motifs is 1. The molecule has 0 unspecified atom stereocenters. The van der Waals surface area contributed by atoms with Gasteiger partial charge in [-0.15, -0.1) is 0 Å². The van der Waals surface area contributed by atoms with Crippen molar-refractivity contribution < 1.29 is 4.74 Å². The normalized spacial score (nSPS) is 10.5. The van der Waals surface area contributed by atoms with Crippen LogP contribution in [0.5, 0.6) is 5.75 Å². The third-order valence-corrected chi connectivity index (χ3v) is 3.97. The molecule has 0 aliphatic rings. The lowest BCUT2D eigenvalue weighted by atomic mass is 10.2. The van der Waals surface area contributed by atoms with Crippen molar-refractivity contribution in [1.82, 2.24) is 9.55 Å². The molecular formula is C15H10BrN3OS. The molecule has 21 heavy (non-hydrogen) atoms. The number of nitrogens with one attached hydrogen (secondary N) is 1. The van der Waals surface area contributed by atoms with Gasteiger partial charge in [-0.05, 0) is 48.6 Å². The maximum absolute atomic E-state index is 9.08. The highest BCUT2D eigenvalue weighted by molar-refractivity contribution is 9.10. The largest absolute Gasteiger partial charge is 0.495 e. The van der Waals surface area contributed by atoms with E-state index in [4.69, 9.17) is 22.2 Å². The van der Waals surface area contributed by atoms with Gasteiger partial charge in [0.1, 0.15) is 5.75 Å². The summed E-state index contributed by atoms with van der Waals surface area (Å²) in [4.78, 5) is 3.15. The number of imidazole rings is 1. The molecule has 3 aromatic rings. The van der Waals surface area contributed by atoms with Gasteiger partial charge in [0.25, 0.3) is 0 Å². The van der Waals surface area contributed by atoms with E-state index in [0.29, 0.717) is 16.1 Å². The first-order valence-electron chi connectivity index (χ1n) is 6.13. The Morgan fingerprint density at radius 2 is 2.10 bits per heavy atom. The maximum atomic E-state index is 9.08. The molecule has 0 aliphatic heterocycles. The van der Waals surface area contributed by atoms with E-state index in [0.717, 1.165) is 21.2 Å². The number of H-pyrrole nitrogens is 1. The smallest absolute Gasteiger partial charge is 0.182 e. The van der Waals surface area contributed by atoms with Crippen molar-refractivity contribution in [2.45, 2.75) is 0 Å². The molecule has 0 saturated carbocycles. The summed E-state index contributed by atoms with van der Waals surface area (Å²) in [5.74, 6) is 0.706. The van der Waals surface area contributed by atoms with Gasteiger partial charge in [0.2, 0.25) is 0 Å². The molecule has 0 fully saturated rings. The van der Waals surface area contributed by atoms with Gasteiger partial charge < -0.3 is 9.72 Å². The first kappa shape index (κ1) is 13.9. The van der Waals surface area contributed by atoms with Gasteiger partial charge in [-0.25, -0.2) is 0 Å². The van der Waals surface area contributed by atoms with Gasteiger partial charge in [0.05, 0.1) is 35.5 Å². The summed E-state index contributed by atoms with van der Waals surface area (Å²) >= 11 is 8.88. The number of aromatic nitrogens is 2. The number of hydrogen-bond acceptors (Lipinski definition) is 3. The number of aromatic amines is 1. The maximum Gasteiger partial charge on any atom is 0.182 e. The van der Waals surface area contributed by atoms with Crippen molar-refractivity contribution in [3.63, 3.8) is 0 Å². The Morgan fingerprint density at radius 3 is 2.81 bits per heavy atom. The Bertz CT molecular complexity index is 936. The molecule has 0 bridgehead atoms. The molecule has 0 radical (unpaired) electrons. The van der Waals surface area contributed by atoms with E-state index in [1.165, 1.54) is 0 Å². The fourth-order valence-electron chi connectivity index (χ4n) is 2.25. The molecule has 2 aromatic carbocycles. The fraction of sp³-hybridized carbons (Fsp3) is 0.0667. The summed E-state index contributed by atoms with van der Waals surface area (Å²) < 4.78 is 8.76. The van der Waals surface area contributed by atoms with Crippen molar-refractivity contribution in [2.24, 2.45) is 0 Å². The Morgan fingerprint density at radius 1 is 1.29 bits per heavy atom. The second-order valence-corrected chi connectivity index (χ2v) is 5.73. The van der Waals surface area contributed by atoms with Crippen molar-refractivity contribution in [1.29, 1.82) is 5.26 Å². The monoisotopic (exact) mass is 359 g/mol. The lowest BCUT2D eigenvalue weighted by Crippen LogP contribution is -1.98. The molecule has 0 aliphatic carbocycles. The van der Waals surface area contributed by atoms with Gasteiger partial charge in [0.15, 0.2) is 4.77 Å². The number of benzene rings is 2. The SMILES string of the molecule is COc1ccc(Br)cc1-n1c(=S)[nH]c2ccc(C#N)cc21. The van der Waals surface area contributed by atoms with E-state index in [9.17, 15) is 0 Å². The van der Waals surface area contributed by atoms with E-state index in [1.54, 1.807) is 13.2 Å². The van der Waals surface area contributed by atoms with Crippen LogP contribution in [-0.4, -0.2) is 16.7 Å². The molecule has 4 nitrogen and oxygen atoms in total. The van der Waals surface area contributed by atoms with Gasteiger partial charge in [-0.2, -0.15) is 5.26 Å². The second-order valence-electron chi connectivity index (χ2n) is 4.43. The number of methoxy groups -OCH3 is 1. The van der Waals surface area contributed by atoms with Crippen molar-refractivity contribution >= 4 is 39.2 Å². The van der Waals surface area contributed by atoms with E-state index in [-0.39, 0.29) is 0 Å². The Labute approximate surface area is 134 Å². The third kappa shape index (κ3) is 2.35. The molecule has 6 heteroatoms. The lowest BCUT2D eigenvalue weighted by Gasteiger charge is -2.11. The minimum absolute atomic E-state index is 0.552. The summed E-state index contributed by atoms with van der Waals surface area (Å²) in [6.45, 7) is 0. The van der Waals surface area contributed by atoms with Crippen molar-refractivity contribution in [3.05, 3.63) is 51.2 Å². The predicted molar refractivity (Wildman–Crippen MR) is 87.4 cm³/mol. The van der Waals surface area contributed by atoms with Crippen LogP contribution in [0.4, 0.5) is 0 Å². The van der Waals surface area contributed by atoms with E-state index >= 15 is 0 Å². The van der Waals surface area contributed by atoms with Crippen molar-refractivity contribution in [2.75, 3.05) is 7.11 Å². The number of halogens is 1. The first-order valence-corrected chi connectivity index (χ1v) is 7.33. The van der Waals surface area contributed by atoms with E-state index in [2.05, 4.69) is 27.0 Å². The van der Waals surface area contributed by atoms with Crippen LogP contribution in [0.15, 0.2) is 40.9 Å². The second kappa shape index (κ2) is 5.35. The summed E-state index contributed by atoms with van der Waals surface area (Å²) in [5.41, 5.74) is 3.12. The van der Waals surface area contributed by atoms with Gasteiger partial charge >= 0.3 is 0 Å². The average molecular weight is 360 g/mol. The molecule has 1 aromatic heterocycles.